The number of primary amides is 1. The molecule has 36 heavy (non-hydrogen) atoms. The maximum atomic E-state index is 12.0. The minimum Gasteiger partial charge on any atom is -0.369 e. The highest BCUT2D eigenvalue weighted by Gasteiger charge is 2.11. The topological polar surface area (TPSA) is 148 Å². The van der Waals surface area contributed by atoms with E-state index in [0.29, 0.717) is 42.0 Å². The van der Waals surface area contributed by atoms with Gasteiger partial charge in [0.1, 0.15) is 5.82 Å². The molecule has 0 radical (unpaired) electrons. The Kier molecular flexibility index (Phi) is 7.99. The summed E-state index contributed by atoms with van der Waals surface area (Å²) in [5.41, 5.74) is 9.39. The van der Waals surface area contributed by atoms with E-state index in [9.17, 15) is 14.4 Å². The summed E-state index contributed by atoms with van der Waals surface area (Å²) in [4.78, 5) is 49.3. The third-order valence-electron chi connectivity index (χ3n) is 5.48. The Hall–Kier alpha value is -4.57. The van der Waals surface area contributed by atoms with E-state index in [-0.39, 0.29) is 18.9 Å². The molecule has 0 fully saturated rings. The molecule has 2 amide bonds. The number of hydrogen-bond donors (Lipinski definition) is 4. The summed E-state index contributed by atoms with van der Waals surface area (Å²) in [7, 11) is 0. The number of benzene rings is 2. The predicted octanol–water partition coefficient (Wildman–Crippen LogP) is 2.55. The van der Waals surface area contributed by atoms with Gasteiger partial charge in [0.2, 0.25) is 11.8 Å². The minimum atomic E-state index is -0.514. The van der Waals surface area contributed by atoms with Crippen LogP contribution in [0, 0.1) is 0 Å². The molecule has 0 unspecified atom stereocenters. The smallest absolute Gasteiger partial charge is 0.356 e. The van der Waals surface area contributed by atoms with Gasteiger partial charge in [0.15, 0.2) is 0 Å². The van der Waals surface area contributed by atoms with Crippen molar-refractivity contribution in [3.8, 4) is 0 Å². The fourth-order valence-corrected chi connectivity index (χ4v) is 3.66. The summed E-state index contributed by atoms with van der Waals surface area (Å²) in [6, 6.07) is 15.6. The molecule has 0 aliphatic rings. The van der Waals surface area contributed by atoms with Crippen molar-refractivity contribution >= 4 is 45.3 Å². The molecule has 0 aliphatic carbocycles. The van der Waals surface area contributed by atoms with E-state index in [4.69, 9.17) is 10.6 Å². The molecule has 0 saturated carbocycles. The van der Waals surface area contributed by atoms with Crippen LogP contribution in [0.1, 0.15) is 33.6 Å². The normalized spacial score (nSPS) is 10.8. The molecule has 0 spiro atoms. The zero-order valence-electron chi connectivity index (χ0n) is 19.5. The van der Waals surface area contributed by atoms with Gasteiger partial charge in [-0.1, -0.05) is 24.3 Å². The zero-order chi connectivity index (χ0) is 25.3. The summed E-state index contributed by atoms with van der Waals surface area (Å²) < 4.78 is 0. The van der Waals surface area contributed by atoms with E-state index in [1.54, 1.807) is 48.8 Å². The number of carbonyl (C=O) groups is 3. The van der Waals surface area contributed by atoms with Gasteiger partial charge in [-0.25, -0.2) is 9.78 Å². The number of nitrogens with zero attached hydrogens (tertiary/aromatic N) is 2. The lowest BCUT2D eigenvalue weighted by atomic mass is 10.1. The minimum absolute atomic E-state index is 0.155. The second kappa shape index (κ2) is 11.7. The fraction of sp³-hybridized carbons (Fsp3) is 0.192. The molecule has 5 N–H and O–H groups in total. The molecular weight excluding hydrogens is 460 g/mol. The number of nitrogens with two attached hydrogens (primary N) is 1. The number of rotatable bonds is 11. The van der Waals surface area contributed by atoms with Gasteiger partial charge >= 0.3 is 5.97 Å². The zero-order valence-corrected chi connectivity index (χ0v) is 19.5. The quantitative estimate of drug-likeness (QED) is 0.144. The van der Waals surface area contributed by atoms with Gasteiger partial charge in [-0.15, -0.1) is 0 Å². The van der Waals surface area contributed by atoms with Crippen molar-refractivity contribution in [2.75, 3.05) is 25.0 Å². The van der Waals surface area contributed by atoms with Crippen molar-refractivity contribution < 1.29 is 19.2 Å². The molecule has 0 bridgehead atoms. The molecule has 0 atom stereocenters. The van der Waals surface area contributed by atoms with Crippen LogP contribution in [-0.2, 0) is 9.63 Å². The maximum absolute atomic E-state index is 12.0. The van der Waals surface area contributed by atoms with E-state index < -0.39 is 11.9 Å². The molecule has 10 nitrogen and oxygen atoms in total. The van der Waals surface area contributed by atoms with Gasteiger partial charge < -0.3 is 21.2 Å². The standard InChI is InChI=1S/C26H26N6O4/c27-24(34)18-7-8-19-21-16-28-13-9-20(21)25(32-22(19)15-18)30-12-4-11-29-23(33)10-14-31-36-26(35)17-5-2-1-3-6-17/h1-3,5-9,13,15-16,31H,4,10-12,14H2,(H2,27,34)(H,29,33)(H,30,32). The number of hydroxylamine groups is 1. The van der Waals surface area contributed by atoms with Crippen molar-refractivity contribution in [2.45, 2.75) is 12.8 Å². The number of aromatic nitrogens is 2. The maximum Gasteiger partial charge on any atom is 0.356 e. The molecule has 4 aromatic rings. The fourth-order valence-electron chi connectivity index (χ4n) is 3.66. The molecule has 10 heteroatoms. The van der Waals surface area contributed by atoms with Crippen LogP contribution < -0.4 is 21.8 Å². The van der Waals surface area contributed by atoms with Crippen molar-refractivity contribution in [1.29, 1.82) is 0 Å². The Morgan fingerprint density at radius 3 is 2.53 bits per heavy atom. The highest BCUT2D eigenvalue weighted by molar-refractivity contribution is 6.11. The molecule has 2 aromatic carbocycles. The first-order valence-electron chi connectivity index (χ1n) is 11.5. The molecule has 4 rings (SSSR count). The largest absolute Gasteiger partial charge is 0.369 e. The average Bonchev–Trinajstić information content (AvgIpc) is 2.90. The average molecular weight is 487 g/mol. The number of nitrogens with one attached hydrogen (secondary N) is 3. The SMILES string of the molecule is NC(=O)c1ccc2c(c1)nc(NCCCNC(=O)CCNOC(=O)c1ccccc1)c1ccncc12. The molecular formula is C26H26N6O4. The van der Waals surface area contributed by atoms with Gasteiger partial charge in [-0.05, 0) is 36.8 Å². The molecule has 2 heterocycles. The summed E-state index contributed by atoms with van der Waals surface area (Å²) in [5, 5.41) is 8.84. The first-order chi connectivity index (χ1) is 17.5. The van der Waals surface area contributed by atoms with Crippen LogP contribution in [0.5, 0.6) is 0 Å². The Balaban J connectivity index is 1.23. The Labute approximate surface area is 207 Å². The summed E-state index contributed by atoms with van der Waals surface area (Å²) in [6.07, 6.45) is 4.29. The number of anilines is 1. The van der Waals surface area contributed by atoms with Gasteiger partial charge in [0, 0.05) is 60.2 Å². The van der Waals surface area contributed by atoms with Gasteiger partial charge in [0.05, 0.1) is 11.1 Å². The van der Waals surface area contributed by atoms with Crippen LogP contribution in [0.2, 0.25) is 0 Å². The Morgan fingerprint density at radius 2 is 1.72 bits per heavy atom. The van der Waals surface area contributed by atoms with Crippen LogP contribution in [0.15, 0.2) is 67.0 Å². The van der Waals surface area contributed by atoms with Crippen LogP contribution >= 0.6 is 0 Å². The summed E-state index contributed by atoms with van der Waals surface area (Å²) in [5.74, 6) is -0.506. The second-order valence-electron chi connectivity index (χ2n) is 8.01. The van der Waals surface area contributed by atoms with Crippen LogP contribution in [0.3, 0.4) is 0 Å². The van der Waals surface area contributed by atoms with Crippen LogP contribution in [-0.4, -0.2) is 47.4 Å². The van der Waals surface area contributed by atoms with Crippen LogP contribution in [0.4, 0.5) is 5.82 Å². The monoisotopic (exact) mass is 486 g/mol. The second-order valence-corrected chi connectivity index (χ2v) is 8.01. The first kappa shape index (κ1) is 24.6. The van der Waals surface area contributed by atoms with E-state index >= 15 is 0 Å². The van der Waals surface area contributed by atoms with Gasteiger partial charge in [-0.3, -0.25) is 14.6 Å². The van der Waals surface area contributed by atoms with E-state index in [1.165, 1.54) is 0 Å². The van der Waals surface area contributed by atoms with E-state index in [0.717, 1.165) is 16.2 Å². The Morgan fingerprint density at radius 1 is 0.889 bits per heavy atom. The third kappa shape index (κ3) is 6.10. The van der Waals surface area contributed by atoms with Crippen molar-refractivity contribution in [3.63, 3.8) is 0 Å². The lowest BCUT2D eigenvalue weighted by Crippen LogP contribution is -2.30. The molecule has 2 aromatic heterocycles. The van der Waals surface area contributed by atoms with Crippen molar-refractivity contribution in [2.24, 2.45) is 5.73 Å². The number of pyridine rings is 2. The van der Waals surface area contributed by atoms with E-state index in [1.807, 2.05) is 18.2 Å². The van der Waals surface area contributed by atoms with Crippen molar-refractivity contribution in [1.82, 2.24) is 20.8 Å². The summed E-state index contributed by atoms with van der Waals surface area (Å²) in [6.45, 7) is 1.24. The van der Waals surface area contributed by atoms with E-state index in [2.05, 4.69) is 26.1 Å². The number of carbonyl (C=O) groups excluding carboxylic acids is 3. The highest BCUT2D eigenvalue weighted by atomic mass is 16.7. The number of fused-ring (bicyclic) bond motifs is 3. The number of hydrogen-bond acceptors (Lipinski definition) is 8. The molecule has 184 valence electrons. The lowest BCUT2D eigenvalue weighted by molar-refractivity contribution is -0.121. The number of amides is 2. The molecule has 0 aliphatic heterocycles. The van der Waals surface area contributed by atoms with Gasteiger partial charge in [-0.2, -0.15) is 5.48 Å². The predicted molar refractivity (Wildman–Crippen MR) is 136 cm³/mol. The lowest BCUT2D eigenvalue weighted by Gasteiger charge is -2.12. The summed E-state index contributed by atoms with van der Waals surface area (Å²) >= 11 is 0. The Bertz CT molecular complexity index is 1390. The molecule has 0 saturated heterocycles. The first-order valence-corrected chi connectivity index (χ1v) is 11.5. The van der Waals surface area contributed by atoms with Crippen molar-refractivity contribution in [3.05, 3.63) is 78.1 Å². The van der Waals surface area contributed by atoms with Crippen LogP contribution in [0.25, 0.3) is 21.7 Å². The highest BCUT2D eigenvalue weighted by Crippen LogP contribution is 2.29. The third-order valence-corrected chi connectivity index (χ3v) is 5.48. The van der Waals surface area contributed by atoms with Gasteiger partial charge in [0.25, 0.3) is 0 Å².